The van der Waals surface area contributed by atoms with Crippen LogP contribution in [0, 0.1) is 5.92 Å². The van der Waals surface area contributed by atoms with E-state index in [0.717, 1.165) is 30.8 Å². The van der Waals surface area contributed by atoms with E-state index in [1.807, 2.05) is 25.5 Å². The van der Waals surface area contributed by atoms with Crippen molar-refractivity contribution in [2.45, 2.75) is 46.6 Å². The Hall–Kier alpha value is -0.870. The van der Waals surface area contributed by atoms with Gasteiger partial charge in [0.2, 0.25) is 0 Å². The molecule has 1 atom stereocenters. The second-order valence-electron chi connectivity index (χ2n) is 4.50. The van der Waals surface area contributed by atoms with Gasteiger partial charge in [-0.25, -0.2) is 0 Å². The number of carbonyl (C=O) groups excluding carboxylic acids is 1. The van der Waals surface area contributed by atoms with Crippen LogP contribution in [0.3, 0.4) is 0 Å². The Morgan fingerprint density at radius 2 is 2.17 bits per heavy atom. The third-order valence-corrected chi connectivity index (χ3v) is 3.62. The number of nitrogens with zero attached hydrogens (tertiary/aromatic N) is 2. The first-order valence-electron chi connectivity index (χ1n) is 6.51. The van der Waals surface area contributed by atoms with Crippen LogP contribution >= 0.6 is 11.6 Å². The minimum Gasteiger partial charge on any atom is -0.330 e. The minimum atomic E-state index is -0.0173. The molecule has 0 bridgehead atoms. The molecule has 0 radical (unpaired) electrons. The van der Waals surface area contributed by atoms with Gasteiger partial charge in [-0.15, -0.1) is 0 Å². The van der Waals surface area contributed by atoms with E-state index in [-0.39, 0.29) is 11.7 Å². The lowest BCUT2D eigenvalue weighted by Gasteiger charge is -2.10. The average molecular weight is 272 g/mol. The van der Waals surface area contributed by atoms with Crippen molar-refractivity contribution in [1.82, 2.24) is 9.78 Å². The zero-order chi connectivity index (χ0) is 13.7. The smallest absolute Gasteiger partial charge is 0.141 e. The number of aromatic nitrogens is 2. The predicted molar refractivity (Wildman–Crippen MR) is 73.8 cm³/mol. The van der Waals surface area contributed by atoms with Crippen molar-refractivity contribution in [3.05, 3.63) is 16.4 Å². The molecule has 0 saturated carbocycles. The molecular weight excluding hydrogens is 250 g/mol. The van der Waals surface area contributed by atoms with E-state index >= 15 is 0 Å². The topological polar surface area (TPSA) is 60.9 Å². The number of ketones is 1. The standard InChI is InChI=1S/C13H22ClN3O/c1-4-10-13(14)11(17(5-2)16-10)8-12(18)9(3)6-7-15/h9H,4-8,15H2,1-3H3. The van der Waals surface area contributed by atoms with Crippen LogP contribution in [0.1, 0.15) is 38.6 Å². The van der Waals surface area contributed by atoms with Crippen LogP contribution in [0.5, 0.6) is 0 Å². The molecule has 0 aliphatic heterocycles. The number of hydrogen-bond donors (Lipinski definition) is 1. The maximum Gasteiger partial charge on any atom is 0.141 e. The van der Waals surface area contributed by atoms with E-state index in [1.54, 1.807) is 0 Å². The molecule has 0 amide bonds. The second kappa shape index (κ2) is 6.90. The van der Waals surface area contributed by atoms with Gasteiger partial charge < -0.3 is 5.73 Å². The van der Waals surface area contributed by atoms with Crippen molar-refractivity contribution >= 4 is 17.4 Å². The van der Waals surface area contributed by atoms with Crippen LogP contribution in [-0.4, -0.2) is 22.1 Å². The van der Waals surface area contributed by atoms with E-state index in [9.17, 15) is 4.79 Å². The monoisotopic (exact) mass is 271 g/mol. The molecular formula is C13H22ClN3O. The zero-order valence-corrected chi connectivity index (χ0v) is 12.1. The summed E-state index contributed by atoms with van der Waals surface area (Å²) in [6, 6.07) is 0. The number of aryl methyl sites for hydroxylation is 2. The molecule has 1 unspecified atom stereocenters. The maximum absolute atomic E-state index is 12.1. The molecule has 0 spiro atoms. The van der Waals surface area contributed by atoms with Gasteiger partial charge in [-0.3, -0.25) is 9.48 Å². The van der Waals surface area contributed by atoms with E-state index < -0.39 is 0 Å². The normalized spacial score (nSPS) is 12.7. The van der Waals surface area contributed by atoms with E-state index in [4.69, 9.17) is 17.3 Å². The van der Waals surface area contributed by atoms with E-state index in [0.29, 0.717) is 18.0 Å². The summed E-state index contributed by atoms with van der Waals surface area (Å²) >= 11 is 6.27. The zero-order valence-electron chi connectivity index (χ0n) is 11.4. The highest BCUT2D eigenvalue weighted by atomic mass is 35.5. The maximum atomic E-state index is 12.1. The summed E-state index contributed by atoms with van der Waals surface area (Å²) in [7, 11) is 0. The van der Waals surface area contributed by atoms with E-state index in [2.05, 4.69) is 5.10 Å². The number of hydrogen-bond acceptors (Lipinski definition) is 3. The highest BCUT2D eigenvalue weighted by molar-refractivity contribution is 6.32. The molecule has 1 heterocycles. The molecule has 1 aromatic heterocycles. The summed E-state index contributed by atoms with van der Waals surface area (Å²) in [5, 5.41) is 5.06. The van der Waals surface area contributed by atoms with Crippen molar-refractivity contribution in [2.75, 3.05) is 6.54 Å². The largest absolute Gasteiger partial charge is 0.330 e. The summed E-state index contributed by atoms with van der Waals surface area (Å²) in [5.41, 5.74) is 7.18. The Kier molecular flexibility index (Phi) is 5.82. The van der Waals surface area contributed by atoms with Gasteiger partial charge in [-0.2, -0.15) is 5.10 Å². The Morgan fingerprint density at radius 3 is 2.67 bits per heavy atom. The van der Waals surface area contributed by atoms with Crippen LogP contribution in [0.25, 0.3) is 0 Å². The van der Waals surface area contributed by atoms with Gasteiger partial charge in [-0.1, -0.05) is 25.4 Å². The minimum absolute atomic E-state index is 0.0173. The molecule has 2 N–H and O–H groups in total. The van der Waals surface area contributed by atoms with Gasteiger partial charge in [0.1, 0.15) is 5.78 Å². The van der Waals surface area contributed by atoms with Crippen LogP contribution in [-0.2, 0) is 24.2 Å². The SMILES string of the molecule is CCc1nn(CC)c(CC(=O)C(C)CCN)c1Cl. The molecule has 0 saturated heterocycles. The number of rotatable bonds is 7. The third kappa shape index (κ3) is 3.33. The highest BCUT2D eigenvalue weighted by Gasteiger charge is 2.20. The van der Waals surface area contributed by atoms with Gasteiger partial charge in [0.15, 0.2) is 0 Å². The van der Waals surface area contributed by atoms with Crippen molar-refractivity contribution in [3.8, 4) is 0 Å². The fourth-order valence-electron chi connectivity index (χ4n) is 1.94. The Balaban J connectivity index is 2.89. The first-order valence-corrected chi connectivity index (χ1v) is 6.89. The first-order chi connectivity index (χ1) is 8.54. The number of nitrogens with two attached hydrogens (primary N) is 1. The lowest BCUT2D eigenvalue weighted by molar-refractivity contribution is -0.121. The first kappa shape index (κ1) is 15.2. The quantitative estimate of drug-likeness (QED) is 0.827. The van der Waals surface area contributed by atoms with Crippen molar-refractivity contribution in [1.29, 1.82) is 0 Å². The van der Waals surface area contributed by atoms with Gasteiger partial charge in [0.05, 0.1) is 22.8 Å². The van der Waals surface area contributed by atoms with Crippen molar-refractivity contribution < 1.29 is 4.79 Å². The number of carbonyl (C=O) groups is 1. The fraction of sp³-hybridized carbons (Fsp3) is 0.692. The Bertz CT molecular complexity index is 415. The summed E-state index contributed by atoms with van der Waals surface area (Å²) < 4.78 is 1.83. The fourth-order valence-corrected chi connectivity index (χ4v) is 2.27. The van der Waals surface area contributed by atoms with Crippen molar-refractivity contribution in [2.24, 2.45) is 11.7 Å². The second-order valence-corrected chi connectivity index (χ2v) is 4.88. The molecule has 0 aliphatic carbocycles. The van der Waals surface area contributed by atoms with Crippen molar-refractivity contribution in [3.63, 3.8) is 0 Å². The third-order valence-electron chi connectivity index (χ3n) is 3.19. The molecule has 102 valence electrons. The van der Waals surface area contributed by atoms with Crippen LogP contribution in [0.15, 0.2) is 0 Å². The summed E-state index contributed by atoms with van der Waals surface area (Å²) in [6.45, 7) is 7.19. The molecule has 4 nitrogen and oxygen atoms in total. The Morgan fingerprint density at radius 1 is 1.50 bits per heavy atom. The number of halogens is 1. The van der Waals surface area contributed by atoms with Gasteiger partial charge in [0, 0.05) is 12.5 Å². The van der Waals surface area contributed by atoms with Crippen LogP contribution in [0.4, 0.5) is 0 Å². The number of Topliss-reactive ketones (excluding diaryl/α,β-unsaturated/α-hetero) is 1. The lowest BCUT2D eigenvalue weighted by atomic mass is 9.99. The molecule has 1 rings (SSSR count). The predicted octanol–water partition coefficient (Wildman–Crippen LogP) is 2.22. The molecule has 1 aromatic rings. The van der Waals surface area contributed by atoms with E-state index in [1.165, 1.54) is 0 Å². The molecule has 0 fully saturated rings. The summed E-state index contributed by atoms with van der Waals surface area (Å²) in [5.74, 6) is 0.163. The van der Waals surface area contributed by atoms with Gasteiger partial charge in [-0.05, 0) is 26.3 Å². The summed E-state index contributed by atoms with van der Waals surface area (Å²) in [4.78, 5) is 12.1. The van der Waals surface area contributed by atoms with Gasteiger partial charge in [0.25, 0.3) is 0 Å². The lowest BCUT2D eigenvalue weighted by Crippen LogP contribution is -2.19. The Labute approximate surface area is 113 Å². The van der Waals surface area contributed by atoms with Crippen LogP contribution < -0.4 is 5.73 Å². The molecule has 0 aromatic carbocycles. The van der Waals surface area contributed by atoms with Gasteiger partial charge >= 0.3 is 0 Å². The highest BCUT2D eigenvalue weighted by Crippen LogP contribution is 2.23. The average Bonchev–Trinajstić information content (AvgIpc) is 2.66. The van der Waals surface area contributed by atoms with Crippen LogP contribution in [0.2, 0.25) is 5.02 Å². The molecule has 0 aliphatic rings. The molecule has 18 heavy (non-hydrogen) atoms. The summed E-state index contributed by atoms with van der Waals surface area (Å²) in [6.07, 6.45) is 1.85. The molecule has 5 heteroatoms.